The number of ether oxygens (including phenoxy) is 3. The fourth-order valence-electron chi connectivity index (χ4n) is 6.67. The van der Waals surface area contributed by atoms with Crippen molar-refractivity contribution in [1.82, 2.24) is 29.7 Å². The molecule has 2 unspecified atom stereocenters. The summed E-state index contributed by atoms with van der Waals surface area (Å²) in [6, 6.07) is 22.9. The van der Waals surface area contributed by atoms with Crippen LogP contribution in [0, 0.1) is 0 Å². The molecule has 0 saturated carbocycles. The van der Waals surface area contributed by atoms with Crippen LogP contribution in [-0.4, -0.2) is 54.8 Å². The molecule has 0 aliphatic heterocycles. The maximum absolute atomic E-state index is 13.7. The lowest BCUT2D eigenvalue weighted by Gasteiger charge is -2.35. The van der Waals surface area contributed by atoms with Crippen molar-refractivity contribution in [2.75, 3.05) is 7.11 Å². The van der Waals surface area contributed by atoms with E-state index in [1.165, 1.54) is 5.56 Å². The highest BCUT2D eigenvalue weighted by Crippen LogP contribution is 2.37. The van der Waals surface area contributed by atoms with Crippen LogP contribution in [0.25, 0.3) is 11.0 Å². The molecule has 1 aliphatic rings. The lowest BCUT2D eigenvalue weighted by Crippen LogP contribution is -2.35. The molecule has 53 heavy (non-hydrogen) atoms. The lowest BCUT2D eigenvalue weighted by molar-refractivity contribution is -0.157. The number of aromatic nitrogens is 4. The van der Waals surface area contributed by atoms with Crippen LogP contribution in [0.1, 0.15) is 100 Å². The second-order valence-corrected chi connectivity index (χ2v) is 15.5. The number of benzene rings is 2. The van der Waals surface area contributed by atoms with Crippen molar-refractivity contribution < 1.29 is 23.8 Å². The first kappa shape index (κ1) is 37.6. The first-order valence-corrected chi connectivity index (χ1v) is 18.2. The highest BCUT2D eigenvalue weighted by Gasteiger charge is 2.32. The fourth-order valence-corrected chi connectivity index (χ4v) is 6.67. The van der Waals surface area contributed by atoms with Gasteiger partial charge in [-0.25, -0.2) is 19.1 Å². The number of carbonyl (C=O) groups excluding carboxylic acids is 2. The molecular weight excluding hydrogens is 668 g/mol. The maximum atomic E-state index is 13.7. The lowest BCUT2D eigenvalue weighted by atomic mass is 9.90. The van der Waals surface area contributed by atoms with Gasteiger partial charge in [-0.05, 0) is 108 Å². The molecule has 2 atom stereocenters. The Labute approximate surface area is 311 Å². The molecule has 3 heterocycles. The van der Waals surface area contributed by atoms with Crippen molar-refractivity contribution in [3.05, 3.63) is 119 Å². The number of carbonyl (C=O) groups is 2. The Morgan fingerprint density at radius 1 is 0.906 bits per heavy atom. The molecule has 0 saturated heterocycles. The molecule has 278 valence electrons. The minimum Gasteiger partial charge on any atom is -0.495 e. The van der Waals surface area contributed by atoms with E-state index in [-0.39, 0.29) is 12.0 Å². The summed E-state index contributed by atoms with van der Waals surface area (Å²) in [6.45, 7) is 12.6. The van der Waals surface area contributed by atoms with Gasteiger partial charge in [-0.3, -0.25) is 20.2 Å². The van der Waals surface area contributed by atoms with E-state index in [1.807, 2.05) is 84.0 Å². The molecule has 0 amide bonds. The Balaban J connectivity index is 1.29. The van der Waals surface area contributed by atoms with Crippen molar-refractivity contribution >= 4 is 23.1 Å². The number of pyridine rings is 2. The second kappa shape index (κ2) is 15.9. The molecule has 0 spiro atoms. The number of hydrogen-bond acceptors (Lipinski definition) is 10. The maximum Gasteiger partial charge on any atom is 0.420 e. The summed E-state index contributed by atoms with van der Waals surface area (Å²) < 4.78 is 18.7. The number of imidazole rings is 1. The molecule has 5 aromatic rings. The monoisotopic (exact) mass is 718 g/mol. The van der Waals surface area contributed by atoms with Crippen molar-refractivity contribution in [2.24, 2.45) is 0 Å². The molecule has 1 N–H and O–H groups in total. The molecule has 1 aliphatic carbocycles. The van der Waals surface area contributed by atoms with Crippen LogP contribution in [0.2, 0.25) is 0 Å². The van der Waals surface area contributed by atoms with Crippen LogP contribution in [0.5, 0.6) is 5.75 Å². The fraction of sp³-hybridized carbons (Fsp3) is 0.405. The predicted octanol–water partition coefficient (Wildman–Crippen LogP) is 7.87. The van der Waals surface area contributed by atoms with E-state index in [4.69, 9.17) is 24.2 Å². The van der Waals surface area contributed by atoms with Crippen molar-refractivity contribution in [3.63, 3.8) is 0 Å². The third kappa shape index (κ3) is 9.46. The van der Waals surface area contributed by atoms with Gasteiger partial charge in [-0.15, -0.1) is 0 Å². The Morgan fingerprint density at radius 3 is 2.32 bits per heavy atom. The molecule has 11 nitrogen and oxygen atoms in total. The number of para-hydroxylation sites is 2. The van der Waals surface area contributed by atoms with E-state index in [0.717, 1.165) is 47.3 Å². The summed E-state index contributed by atoms with van der Waals surface area (Å²) in [7, 11) is 1.66. The third-order valence-corrected chi connectivity index (χ3v) is 8.99. The second-order valence-electron chi connectivity index (χ2n) is 15.5. The van der Waals surface area contributed by atoms with Gasteiger partial charge >= 0.3 is 12.1 Å². The number of hydrogen-bond donors (Lipinski definition) is 1. The molecule has 3 aromatic heterocycles. The Kier molecular flexibility index (Phi) is 11.3. The molecule has 11 heteroatoms. The Hall–Kier alpha value is -5.13. The van der Waals surface area contributed by atoms with E-state index in [0.29, 0.717) is 36.7 Å². The van der Waals surface area contributed by atoms with E-state index in [9.17, 15) is 9.59 Å². The van der Waals surface area contributed by atoms with Crippen molar-refractivity contribution in [2.45, 2.75) is 104 Å². The van der Waals surface area contributed by atoms with Crippen LogP contribution in [0.3, 0.4) is 0 Å². The molecule has 2 aromatic carbocycles. The van der Waals surface area contributed by atoms with Gasteiger partial charge < -0.3 is 14.2 Å². The number of nitrogens with one attached hydrogen (secondary N) is 1. The first-order chi connectivity index (χ1) is 25.3. The number of aryl methyl sites for hydroxylation is 1. The SMILES string of the molecule is COc1cnc2c(c1)CCCC2N(Cc1ccc(CNC(C(=O)OC(C)(C)C)c2ccccn2)cc1)Cc1nc2ccccc2n1C(=O)OC(C)(C)C. The summed E-state index contributed by atoms with van der Waals surface area (Å²) in [4.78, 5) is 43.6. The molecule has 0 radical (unpaired) electrons. The summed E-state index contributed by atoms with van der Waals surface area (Å²) in [6.07, 6.45) is 5.81. The van der Waals surface area contributed by atoms with Crippen LogP contribution in [-0.2, 0) is 40.3 Å². The van der Waals surface area contributed by atoms with E-state index in [1.54, 1.807) is 24.1 Å². The van der Waals surface area contributed by atoms with E-state index in [2.05, 4.69) is 45.5 Å². The van der Waals surface area contributed by atoms with Gasteiger partial charge in [0.2, 0.25) is 0 Å². The normalized spacial score (nSPS) is 15.2. The number of esters is 1. The quantitative estimate of drug-likeness (QED) is 0.135. The largest absolute Gasteiger partial charge is 0.495 e. The topological polar surface area (TPSA) is 121 Å². The van der Waals surface area contributed by atoms with Gasteiger partial charge in [0, 0.05) is 19.3 Å². The number of fused-ring (bicyclic) bond motifs is 2. The smallest absolute Gasteiger partial charge is 0.420 e. The molecule has 0 bridgehead atoms. The average Bonchev–Trinajstić information content (AvgIpc) is 3.48. The number of nitrogens with zero attached hydrogens (tertiary/aromatic N) is 5. The van der Waals surface area contributed by atoms with Gasteiger partial charge in [0.1, 0.15) is 28.8 Å². The number of methoxy groups -OCH3 is 1. The zero-order chi connectivity index (χ0) is 37.8. The average molecular weight is 719 g/mol. The summed E-state index contributed by atoms with van der Waals surface area (Å²) in [5.74, 6) is 0.966. The van der Waals surface area contributed by atoms with Crippen molar-refractivity contribution in [3.8, 4) is 5.75 Å². The Bertz CT molecular complexity index is 2030. The van der Waals surface area contributed by atoms with Crippen molar-refractivity contribution in [1.29, 1.82) is 0 Å². The highest BCUT2D eigenvalue weighted by atomic mass is 16.6. The summed E-state index contributed by atoms with van der Waals surface area (Å²) in [5, 5.41) is 3.36. The van der Waals surface area contributed by atoms with Crippen LogP contribution >= 0.6 is 0 Å². The number of rotatable bonds is 11. The minimum atomic E-state index is -0.715. The van der Waals surface area contributed by atoms with Gasteiger partial charge in [0.25, 0.3) is 0 Å². The highest BCUT2D eigenvalue weighted by molar-refractivity contribution is 5.87. The van der Waals surface area contributed by atoms with Gasteiger partial charge in [-0.1, -0.05) is 42.5 Å². The third-order valence-electron chi connectivity index (χ3n) is 8.99. The van der Waals surface area contributed by atoms with E-state index >= 15 is 0 Å². The molecular formula is C42H50N6O5. The minimum absolute atomic E-state index is 0.0224. The molecule has 6 rings (SSSR count). The van der Waals surface area contributed by atoms with Crippen LogP contribution in [0.15, 0.2) is 85.2 Å². The zero-order valence-electron chi connectivity index (χ0n) is 31.8. The summed E-state index contributed by atoms with van der Waals surface area (Å²) in [5.41, 5.74) is 5.01. The van der Waals surface area contributed by atoms with Crippen LogP contribution in [0.4, 0.5) is 4.79 Å². The zero-order valence-corrected chi connectivity index (χ0v) is 31.8. The molecule has 0 fully saturated rings. The summed E-state index contributed by atoms with van der Waals surface area (Å²) >= 11 is 0. The Morgan fingerprint density at radius 2 is 1.62 bits per heavy atom. The van der Waals surface area contributed by atoms with Crippen LogP contribution < -0.4 is 10.1 Å². The standard InChI is InChI=1S/C42H50N6O5/c1-41(2,3)52-39(49)38(33-15-10-11-22-43-33)44-24-28-18-20-29(21-19-28)26-47(35-17-12-13-30-23-31(51-7)25-45-37(30)35)27-36-46-32-14-8-9-16-34(32)48(36)40(50)53-42(4,5)6/h8-11,14-16,18-23,25,35,38,44H,12-13,17,24,26-27H2,1-7H3. The van der Waals surface area contributed by atoms with Gasteiger partial charge in [0.15, 0.2) is 0 Å². The van der Waals surface area contributed by atoms with E-state index < -0.39 is 23.3 Å². The van der Waals surface area contributed by atoms with Gasteiger partial charge in [-0.2, -0.15) is 0 Å². The first-order valence-electron chi connectivity index (χ1n) is 18.2. The van der Waals surface area contributed by atoms with Gasteiger partial charge in [0.05, 0.1) is 48.3 Å². The predicted molar refractivity (Wildman–Crippen MR) is 203 cm³/mol.